The minimum Gasteiger partial charge on any atom is -0.465 e. The Kier molecular flexibility index (Phi) is 6.32. The van der Waals surface area contributed by atoms with Crippen LogP contribution in [-0.4, -0.2) is 24.9 Å². The molecule has 0 aliphatic heterocycles. The summed E-state index contributed by atoms with van der Waals surface area (Å²) in [5, 5.41) is 5.92. The quantitative estimate of drug-likeness (QED) is 0.569. The molecule has 0 saturated heterocycles. The molecule has 3 rings (SSSR count). The van der Waals surface area contributed by atoms with Crippen LogP contribution < -0.4 is 10.6 Å². The molecule has 0 bridgehead atoms. The van der Waals surface area contributed by atoms with Crippen molar-refractivity contribution >= 4 is 39.8 Å². The van der Waals surface area contributed by atoms with E-state index in [0.717, 1.165) is 22.5 Å². The molecular weight excluding hydrogens is 400 g/mol. The molecule has 6 nitrogen and oxygen atoms in total. The lowest BCUT2D eigenvalue weighted by Gasteiger charge is -2.10. The molecule has 154 valence electrons. The number of thiophene rings is 1. The second kappa shape index (κ2) is 8.92. The van der Waals surface area contributed by atoms with Gasteiger partial charge in [-0.05, 0) is 55.7 Å². The Bertz CT molecular complexity index is 1120. The molecule has 2 aromatic carbocycles. The number of hydrogen-bond donors (Lipinski definition) is 2. The highest BCUT2D eigenvalue weighted by Gasteiger charge is 2.26. The molecule has 1 aromatic heterocycles. The lowest BCUT2D eigenvalue weighted by Crippen LogP contribution is -2.14. The Morgan fingerprint density at radius 1 is 0.833 bits per heavy atom. The molecule has 1 heterocycles. The normalized spacial score (nSPS) is 10.4. The number of methoxy groups -OCH3 is 1. The third kappa shape index (κ3) is 4.26. The summed E-state index contributed by atoms with van der Waals surface area (Å²) in [6, 6.07) is 14.3. The summed E-state index contributed by atoms with van der Waals surface area (Å²) >= 11 is 1.05. The van der Waals surface area contributed by atoms with Crippen LogP contribution in [0.2, 0.25) is 0 Å². The number of carbonyl (C=O) groups is 3. The number of esters is 1. The number of aryl methyl sites for hydroxylation is 1. The molecule has 0 aliphatic carbocycles. The molecule has 0 aliphatic rings. The van der Waals surface area contributed by atoms with E-state index in [4.69, 9.17) is 4.74 Å². The van der Waals surface area contributed by atoms with Crippen molar-refractivity contribution in [1.82, 2.24) is 0 Å². The zero-order chi connectivity index (χ0) is 21.8. The van der Waals surface area contributed by atoms with Crippen LogP contribution in [0.3, 0.4) is 0 Å². The number of carbonyl (C=O) groups excluding carboxylic acids is 3. The van der Waals surface area contributed by atoms with Crippen molar-refractivity contribution in [2.45, 2.75) is 20.8 Å². The van der Waals surface area contributed by atoms with Gasteiger partial charge in [-0.25, -0.2) is 4.79 Å². The maximum atomic E-state index is 13.0. The van der Waals surface area contributed by atoms with E-state index in [1.54, 1.807) is 31.2 Å². The van der Waals surface area contributed by atoms with Crippen molar-refractivity contribution in [3.05, 3.63) is 81.2 Å². The molecule has 7 heteroatoms. The molecule has 0 fully saturated rings. The van der Waals surface area contributed by atoms with Gasteiger partial charge in [0.05, 0.1) is 17.6 Å². The van der Waals surface area contributed by atoms with E-state index >= 15 is 0 Å². The molecule has 2 N–H and O–H groups in total. The summed E-state index contributed by atoms with van der Waals surface area (Å²) in [6.45, 7) is 5.56. The molecule has 3 aromatic rings. The van der Waals surface area contributed by atoms with Crippen LogP contribution in [0.5, 0.6) is 0 Å². The van der Waals surface area contributed by atoms with Crippen LogP contribution in [-0.2, 0) is 4.74 Å². The molecule has 2 amide bonds. The van der Waals surface area contributed by atoms with E-state index in [-0.39, 0.29) is 22.4 Å². The molecule has 0 atom stereocenters. The van der Waals surface area contributed by atoms with Gasteiger partial charge in [-0.1, -0.05) is 30.3 Å². The Balaban J connectivity index is 1.95. The predicted octanol–water partition coefficient (Wildman–Crippen LogP) is 4.96. The third-order valence-corrected chi connectivity index (χ3v) is 6.06. The average Bonchev–Trinajstić information content (AvgIpc) is 3.07. The summed E-state index contributed by atoms with van der Waals surface area (Å²) in [6.07, 6.45) is 0. The Morgan fingerprint density at radius 3 is 2.20 bits per heavy atom. The number of ether oxygens (including phenoxy) is 1. The summed E-state index contributed by atoms with van der Waals surface area (Å²) in [5.74, 6) is -1.34. The van der Waals surface area contributed by atoms with Gasteiger partial charge in [-0.15, -0.1) is 11.3 Å². The molecule has 0 unspecified atom stereocenters. The second-order valence-electron chi connectivity index (χ2n) is 6.77. The van der Waals surface area contributed by atoms with Crippen molar-refractivity contribution in [3.63, 3.8) is 0 Å². The zero-order valence-corrected chi connectivity index (χ0v) is 18.0. The summed E-state index contributed by atoms with van der Waals surface area (Å²) < 4.78 is 4.88. The number of rotatable bonds is 5. The van der Waals surface area contributed by atoms with Crippen LogP contribution in [0.1, 0.15) is 47.1 Å². The summed E-state index contributed by atoms with van der Waals surface area (Å²) in [7, 11) is 1.26. The number of benzene rings is 2. The molecular formula is C23H22N2O4S. The van der Waals surface area contributed by atoms with Gasteiger partial charge in [-0.3, -0.25) is 9.59 Å². The highest BCUT2D eigenvalue weighted by atomic mass is 32.1. The maximum Gasteiger partial charge on any atom is 0.341 e. The van der Waals surface area contributed by atoms with Crippen molar-refractivity contribution in [2.24, 2.45) is 0 Å². The van der Waals surface area contributed by atoms with Gasteiger partial charge in [0.25, 0.3) is 11.8 Å². The van der Waals surface area contributed by atoms with E-state index in [9.17, 15) is 14.4 Å². The van der Waals surface area contributed by atoms with Crippen LogP contribution >= 0.6 is 11.3 Å². The largest absolute Gasteiger partial charge is 0.465 e. The second-order valence-corrected chi connectivity index (χ2v) is 7.79. The number of hydrogen-bond acceptors (Lipinski definition) is 5. The van der Waals surface area contributed by atoms with Crippen LogP contribution in [0.25, 0.3) is 0 Å². The van der Waals surface area contributed by atoms with Crippen molar-refractivity contribution in [3.8, 4) is 0 Å². The van der Waals surface area contributed by atoms with Crippen molar-refractivity contribution in [2.75, 3.05) is 17.7 Å². The monoisotopic (exact) mass is 422 g/mol. The smallest absolute Gasteiger partial charge is 0.341 e. The van der Waals surface area contributed by atoms with Crippen molar-refractivity contribution < 1.29 is 19.1 Å². The maximum absolute atomic E-state index is 13.0. The molecule has 30 heavy (non-hydrogen) atoms. The number of amides is 2. The summed E-state index contributed by atoms with van der Waals surface area (Å²) in [5.41, 5.74) is 3.80. The van der Waals surface area contributed by atoms with Crippen LogP contribution in [0.4, 0.5) is 10.7 Å². The fourth-order valence-electron chi connectivity index (χ4n) is 3.00. The fourth-order valence-corrected chi connectivity index (χ4v) is 4.08. The van der Waals surface area contributed by atoms with Gasteiger partial charge in [0.1, 0.15) is 5.00 Å². The Labute approximate surface area is 178 Å². The summed E-state index contributed by atoms with van der Waals surface area (Å²) in [4.78, 5) is 38.2. The van der Waals surface area contributed by atoms with E-state index < -0.39 is 5.97 Å². The average molecular weight is 423 g/mol. The van der Waals surface area contributed by atoms with E-state index in [0.29, 0.717) is 21.7 Å². The zero-order valence-electron chi connectivity index (χ0n) is 17.2. The first-order valence-electron chi connectivity index (χ1n) is 9.29. The molecule has 0 spiro atoms. The first-order chi connectivity index (χ1) is 14.3. The van der Waals surface area contributed by atoms with Crippen LogP contribution in [0, 0.1) is 20.8 Å². The van der Waals surface area contributed by atoms with Crippen LogP contribution in [0.15, 0.2) is 48.5 Å². The molecule has 0 saturated carbocycles. The Morgan fingerprint density at radius 2 is 1.53 bits per heavy atom. The lowest BCUT2D eigenvalue weighted by molar-refractivity contribution is 0.0601. The highest BCUT2D eigenvalue weighted by molar-refractivity contribution is 7.19. The lowest BCUT2D eigenvalue weighted by atomic mass is 10.1. The standard InChI is InChI=1S/C23H22N2O4S/c1-13-9-8-12-17(14(13)2)24-21(27)19-15(3)18(23(28)29-4)22(30-19)25-20(26)16-10-6-5-7-11-16/h5-12H,1-4H3,(H,24,27)(H,25,26). The predicted molar refractivity (Wildman–Crippen MR) is 119 cm³/mol. The van der Waals surface area contributed by atoms with Gasteiger partial charge in [0, 0.05) is 11.3 Å². The minimum absolute atomic E-state index is 0.179. The van der Waals surface area contributed by atoms with Gasteiger partial charge >= 0.3 is 5.97 Å². The van der Waals surface area contributed by atoms with Crippen molar-refractivity contribution in [1.29, 1.82) is 0 Å². The Hall–Kier alpha value is -3.45. The number of anilines is 2. The van der Waals surface area contributed by atoms with Gasteiger partial charge in [-0.2, -0.15) is 0 Å². The molecule has 0 radical (unpaired) electrons. The minimum atomic E-state index is -0.613. The van der Waals surface area contributed by atoms with Gasteiger partial charge < -0.3 is 15.4 Å². The van der Waals surface area contributed by atoms with E-state index in [1.807, 2.05) is 38.1 Å². The number of nitrogens with one attached hydrogen (secondary N) is 2. The van der Waals surface area contributed by atoms with E-state index in [1.165, 1.54) is 7.11 Å². The van der Waals surface area contributed by atoms with Gasteiger partial charge in [0.15, 0.2) is 0 Å². The fraction of sp³-hybridized carbons (Fsp3) is 0.174. The van der Waals surface area contributed by atoms with Gasteiger partial charge in [0.2, 0.25) is 0 Å². The third-order valence-electron chi connectivity index (χ3n) is 4.86. The SMILES string of the molecule is COC(=O)c1c(NC(=O)c2ccccc2)sc(C(=O)Nc2cccc(C)c2C)c1C. The van der Waals surface area contributed by atoms with E-state index in [2.05, 4.69) is 10.6 Å². The highest BCUT2D eigenvalue weighted by Crippen LogP contribution is 2.35. The first-order valence-corrected chi connectivity index (χ1v) is 10.1. The first kappa shape index (κ1) is 21.3. The topological polar surface area (TPSA) is 84.5 Å².